The van der Waals surface area contributed by atoms with E-state index in [1.807, 2.05) is 0 Å². The van der Waals surface area contributed by atoms with Crippen molar-refractivity contribution in [2.24, 2.45) is 46.8 Å². The number of ether oxygens (including phenoxy) is 1. The minimum absolute atomic E-state index is 0.0353. The van der Waals surface area contributed by atoms with Crippen molar-refractivity contribution < 1.29 is 23.9 Å². The van der Waals surface area contributed by atoms with Crippen molar-refractivity contribution in [3.05, 3.63) is 76.9 Å². The van der Waals surface area contributed by atoms with E-state index in [9.17, 15) is 19.2 Å². The van der Waals surface area contributed by atoms with E-state index < -0.39 is 23.2 Å². The number of carbonyl (C=O) groups is 4. The molecule has 0 amide bonds. The van der Waals surface area contributed by atoms with Gasteiger partial charge in [0.05, 0.1) is 6.42 Å². The molecule has 7 atom stereocenters. The first kappa shape index (κ1) is 40.6. The van der Waals surface area contributed by atoms with Gasteiger partial charge in [-0.25, -0.2) is 0 Å². The van der Waals surface area contributed by atoms with Gasteiger partial charge in [-0.05, 0) is 153 Å². The fourth-order valence-electron chi connectivity index (χ4n) is 11.1. The zero-order valence-electron chi connectivity index (χ0n) is 34.9. The van der Waals surface area contributed by atoms with Crippen molar-refractivity contribution in [3.8, 4) is 0 Å². The van der Waals surface area contributed by atoms with Crippen molar-refractivity contribution in [1.82, 2.24) is 0 Å². The summed E-state index contributed by atoms with van der Waals surface area (Å²) in [6.07, 6.45) is 23.0. The van der Waals surface area contributed by atoms with Crippen molar-refractivity contribution in [1.29, 1.82) is 0 Å². The summed E-state index contributed by atoms with van der Waals surface area (Å²) in [7, 11) is 0. The summed E-state index contributed by atoms with van der Waals surface area (Å²) in [5.74, 6) is -0.637. The molecule has 0 heterocycles. The van der Waals surface area contributed by atoms with Crippen LogP contribution in [0.1, 0.15) is 148 Å². The van der Waals surface area contributed by atoms with Crippen LogP contribution < -0.4 is 0 Å². The Labute approximate surface area is 336 Å². The Hall–Kier alpha value is -3.60. The van der Waals surface area contributed by atoms with E-state index in [2.05, 4.69) is 82.3 Å². The highest BCUT2D eigenvalue weighted by molar-refractivity contribution is 5.97. The molecule has 5 aliphatic rings. The summed E-state index contributed by atoms with van der Waals surface area (Å²) in [5.41, 5.74) is 5.94. The Kier molecular flexibility index (Phi) is 12.7. The van der Waals surface area contributed by atoms with E-state index in [4.69, 9.17) is 4.74 Å². The lowest BCUT2D eigenvalue weighted by Gasteiger charge is -2.27. The molecule has 5 heteroatoms. The molecule has 0 bridgehead atoms. The van der Waals surface area contributed by atoms with Gasteiger partial charge in [-0.15, -0.1) is 0 Å². The molecule has 0 saturated heterocycles. The third kappa shape index (κ3) is 8.92. The van der Waals surface area contributed by atoms with Crippen LogP contribution in [0.3, 0.4) is 0 Å². The van der Waals surface area contributed by atoms with Crippen LogP contribution in [0.5, 0.6) is 0 Å². The van der Waals surface area contributed by atoms with Crippen molar-refractivity contribution in [3.63, 3.8) is 0 Å². The molecule has 300 valence electrons. The van der Waals surface area contributed by atoms with Gasteiger partial charge in [0.25, 0.3) is 0 Å². The standard InChI is InChI=1S/C51H66O5/c1-6-35-19-21-45-41(23-35)26-40(37-20-18-36(24-37)22-32(2)3)27-42(45)25-39-28-46-49(33(39)4)47(53)31-51(34(5)52)30-43(51)15-11-9-7-8-10-14-38(50(46)55)29-48(54)56-44-16-12-13-17-44/h11,15,19-21,23-24,26-27,32-33,38-39,43-44,46,49H,6-10,12-14,16-18,22,25,28-31H2,1-5H3/b15-11-. The monoisotopic (exact) mass is 758 g/mol. The van der Waals surface area contributed by atoms with Gasteiger partial charge in [0.2, 0.25) is 0 Å². The third-order valence-corrected chi connectivity index (χ3v) is 14.5. The number of rotatable bonds is 10. The Balaban J connectivity index is 1.22. The Morgan fingerprint density at radius 3 is 2.52 bits per heavy atom. The van der Waals surface area contributed by atoms with Crippen LogP contribution in [0.2, 0.25) is 0 Å². The molecule has 7 unspecified atom stereocenters. The summed E-state index contributed by atoms with van der Waals surface area (Å²) >= 11 is 0. The van der Waals surface area contributed by atoms with Gasteiger partial charge in [-0.2, -0.15) is 0 Å². The van der Waals surface area contributed by atoms with Gasteiger partial charge in [0, 0.05) is 29.6 Å². The average molecular weight is 759 g/mol. The van der Waals surface area contributed by atoms with Crippen LogP contribution in [0, 0.1) is 46.8 Å². The van der Waals surface area contributed by atoms with Gasteiger partial charge in [0.15, 0.2) is 0 Å². The van der Waals surface area contributed by atoms with E-state index in [0.717, 1.165) is 77.0 Å². The van der Waals surface area contributed by atoms with E-state index in [-0.39, 0.29) is 60.0 Å². The average Bonchev–Trinajstić information content (AvgIpc) is 3.52. The smallest absolute Gasteiger partial charge is 0.306 e. The highest BCUT2D eigenvalue weighted by Crippen LogP contribution is 2.59. The summed E-state index contributed by atoms with van der Waals surface area (Å²) in [4.78, 5) is 56.4. The zero-order valence-corrected chi connectivity index (χ0v) is 34.9. The first-order valence-electron chi connectivity index (χ1n) is 22.3. The van der Waals surface area contributed by atoms with Crippen LogP contribution in [0.15, 0.2) is 60.2 Å². The normalized spacial score (nSPS) is 30.7. The first-order chi connectivity index (χ1) is 26.9. The molecule has 0 N–H and O–H groups in total. The second-order valence-corrected chi connectivity index (χ2v) is 18.9. The van der Waals surface area contributed by atoms with Crippen molar-refractivity contribution in [2.45, 2.75) is 150 Å². The molecular weight excluding hydrogens is 693 g/mol. The Bertz CT molecular complexity index is 1900. The number of hydrogen-bond acceptors (Lipinski definition) is 5. The quantitative estimate of drug-likeness (QED) is 0.178. The molecule has 5 aliphatic carbocycles. The SMILES string of the molecule is CCc1ccc2c(CC3CC4C(=O)C(CC(=O)OC5CCCC5)CCCCC/C=C\C5CC5(C(C)=O)CC(=O)C4C3C)cc(C3=CCC(CC(C)C)=C3)cc2c1. The zero-order chi connectivity index (χ0) is 39.6. The molecule has 5 nitrogen and oxygen atoms in total. The fraction of sp³-hybridized carbons (Fsp3) is 0.608. The predicted molar refractivity (Wildman–Crippen MR) is 226 cm³/mol. The lowest BCUT2D eigenvalue weighted by Crippen LogP contribution is -2.36. The van der Waals surface area contributed by atoms with Crippen LogP contribution in [-0.2, 0) is 36.8 Å². The number of allylic oxidation sites excluding steroid dienone is 6. The summed E-state index contributed by atoms with van der Waals surface area (Å²) in [6, 6.07) is 11.6. The van der Waals surface area contributed by atoms with Crippen molar-refractivity contribution in [2.75, 3.05) is 0 Å². The highest BCUT2D eigenvalue weighted by atomic mass is 16.5. The van der Waals surface area contributed by atoms with Crippen LogP contribution in [-0.4, -0.2) is 29.4 Å². The molecule has 2 aromatic carbocycles. The van der Waals surface area contributed by atoms with Crippen molar-refractivity contribution >= 4 is 39.7 Å². The van der Waals surface area contributed by atoms with Gasteiger partial charge < -0.3 is 4.74 Å². The molecule has 0 aromatic heterocycles. The minimum atomic E-state index is -0.651. The molecular formula is C51H66O5. The molecule has 56 heavy (non-hydrogen) atoms. The molecule has 0 spiro atoms. The predicted octanol–water partition coefficient (Wildman–Crippen LogP) is 11.7. The highest BCUT2D eigenvalue weighted by Gasteiger charge is 2.59. The second-order valence-electron chi connectivity index (χ2n) is 18.9. The summed E-state index contributed by atoms with van der Waals surface area (Å²) in [6.45, 7) is 10.6. The number of fused-ring (bicyclic) bond motifs is 3. The maximum Gasteiger partial charge on any atom is 0.306 e. The third-order valence-electron chi connectivity index (χ3n) is 14.5. The lowest BCUT2D eigenvalue weighted by molar-refractivity contribution is -0.152. The lowest BCUT2D eigenvalue weighted by atomic mass is 9.75. The van der Waals surface area contributed by atoms with Gasteiger partial charge in [-0.1, -0.05) is 94.7 Å². The summed E-state index contributed by atoms with van der Waals surface area (Å²) < 4.78 is 5.92. The summed E-state index contributed by atoms with van der Waals surface area (Å²) in [5, 5.41) is 2.48. The molecule has 3 saturated carbocycles. The van der Waals surface area contributed by atoms with Crippen LogP contribution >= 0.6 is 0 Å². The van der Waals surface area contributed by atoms with Crippen LogP contribution in [0.4, 0.5) is 0 Å². The number of carbonyl (C=O) groups excluding carboxylic acids is 4. The maximum atomic E-state index is 15.0. The first-order valence-corrected chi connectivity index (χ1v) is 22.3. The molecule has 7 rings (SSSR count). The molecule has 3 fully saturated rings. The second kappa shape index (κ2) is 17.5. The van der Waals surface area contributed by atoms with Gasteiger partial charge >= 0.3 is 5.97 Å². The van der Waals surface area contributed by atoms with E-state index in [1.54, 1.807) is 6.92 Å². The topological polar surface area (TPSA) is 77.5 Å². The fourth-order valence-corrected chi connectivity index (χ4v) is 11.1. The number of Topliss-reactive ketones (excluding diaryl/α,β-unsaturated/α-hetero) is 3. The van der Waals surface area contributed by atoms with E-state index >= 15 is 0 Å². The molecule has 2 aromatic rings. The molecule has 0 aliphatic heterocycles. The Morgan fingerprint density at radius 1 is 0.982 bits per heavy atom. The van der Waals surface area contributed by atoms with E-state index in [1.165, 1.54) is 38.6 Å². The number of esters is 1. The number of benzene rings is 2. The van der Waals surface area contributed by atoms with E-state index in [0.29, 0.717) is 25.2 Å². The molecule has 0 radical (unpaired) electrons. The van der Waals surface area contributed by atoms with Gasteiger partial charge in [0.1, 0.15) is 23.5 Å². The number of hydrogen-bond donors (Lipinski definition) is 0. The van der Waals surface area contributed by atoms with Crippen LogP contribution in [0.25, 0.3) is 16.3 Å². The number of ketones is 3. The minimum Gasteiger partial charge on any atom is -0.462 e. The van der Waals surface area contributed by atoms with Gasteiger partial charge in [-0.3, -0.25) is 19.2 Å². The number of aryl methyl sites for hydroxylation is 1. The largest absolute Gasteiger partial charge is 0.462 e. The Morgan fingerprint density at radius 2 is 1.77 bits per heavy atom. The maximum absolute atomic E-state index is 15.0.